The molecule has 3 N–H and O–H groups in total. The van der Waals surface area contributed by atoms with Crippen molar-refractivity contribution in [2.45, 2.75) is 25.3 Å². The van der Waals surface area contributed by atoms with Crippen LogP contribution < -0.4 is 11.1 Å². The third kappa shape index (κ3) is 2.42. The van der Waals surface area contributed by atoms with E-state index in [9.17, 15) is 4.79 Å². The quantitative estimate of drug-likeness (QED) is 0.799. The lowest BCUT2D eigenvalue weighted by atomic mass is 10.1. The SMILES string of the molecule is CC(CN)C(=O)NC1CC1c1ccccc1. The molecule has 0 heterocycles. The summed E-state index contributed by atoms with van der Waals surface area (Å²) in [6, 6.07) is 10.6. The minimum Gasteiger partial charge on any atom is -0.352 e. The van der Waals surface area contributed by atoms with Crippen LogP contribution in [-0.2, 0) is 4.79 Å². The maximum absolute atomic E-state index is 11.6. The Morgan fingerprint density at radius 2 is 2.19 bits per heavy atom. The maximum Gasteiger partial charge on any atom is 0.224 e. The molecule has 3 heteroatoms. The number of carbonyl (C=O) groups is 1. The maximum atomic E-state index is 11.6. The highest BCUT2D eigenvalue weighted by atomic mass is 16.2. The highest BCUT2D eigenvalue weighted by Crippen LogP contribution is 2.40. The number of carbonyl (C=O) groups excluding carboxylic acids is 1. The third-order valence-corrected chi connectivity index (χ3v) is 3.15. The van der Waals surface area contributed by atoms with Crippen LogP contribution in [0.3, 0.4) is 0 Å². The van der Waals surface area contributed by atoms with Crippen molar-refractivity contribution in [1.82, 2.24) is 5.32 Å². The van der Waals surface area contributed by atoms with E-state index in [-0.39, 0.29) is 11.8 Å². The standard InChI is InChI=1S/C13H18N2O/c1-9(8-14)13(16)15-12-7-11(12)10-5-3-2-4-6-10/h2-6,9,11-12H,7-8,14H2,1H3,(H,15,16). The van der Waals surface area contributed by atoms with Crippen molar-refractivity contribution < 1.29 is 4.79 Å². The summed E-state index contributed by atoms with van der Waals surface area (Å²) in [5.41, 5.74) is 6.77. The molecule has 3 nitrogen and oxygen atoms in total. The zero-order valence-electron chi connectivity index (χ0n) is 9.52. The fraction of sp³-hybridized carbons (Fsp3) is 0.462. The van der Waals surface area contributed by atoms with E-state index >= 15 is 0 Å². The number of benzene rings is 1. The molecule has 0 aliphatic heterocycles. The first kappa shape index (κ1) is 11.1. The smallest absolute Gasteiger partial charge is 0.224 e. The first-order chi connectivity index (χ1) is 7.72. The fourth-order valence-corrected chi connectivity index (χ4v) is 1.86. The predicted molar refractivity (Wildman–Crippen MR) is 63.9 cm³/mol. The van der Waals surface area contributed by atoms with Crippen LogP contribution in [0.1, 0.15) is 24.8 Å². The highest BCUT2D eigenvalue weighted by Gasteiger charge is 2.39. The Labute approximate surface area is 96.0 Å². The molecule has 16 heavy (non-hydrogen) atoms. The van der Waals surface area contributed by atoms with Crippen LogP contribution >= 0.6 is 0 Å². The normalized spacial score (nSPS) is 24.9. The van der Waals surface area contributed by atoms with Crippen LogP contribution in [0.15, 0.2) is 30.3 Å². The first-order valence-electron chi connectivity index (χ1n) is 5.77. The molecule has 0 bridgehead atoms. The van der Waals surface area contributed by atoms with Gasteiger partial charge in [0, 0.05) is 24.4 Å². The molecule has 1 fully saturated rings. The number of nitrogens with two attached hydrogens (primary N) is 1. The Bertz CT molecular complexity index is 363. The summed E-state index contributed by atoms with van der Waals surface area (Å²) < 4.78 is 0. The van der Waals surface area contributed by atoms with E-state index in [1.807, 2.05) is 25.1 Å². The largest absolute Gasteiger partial charge is 0.352 e. The van der Waals surface area contributed by atoms with E-state index < -0.39 is 0 Å². The van der Waals surface area contributed by atoms with Crippen LogP contribution in [0.2, 0.25) is 0 Å². The van der Waals surface area contributed by atoms with Gasteiger partial charge in [-0.15, -0.1) is 0 Å². The fourth-order valence-electron chi connectivity index (χ4n) is 1.86. The van der Waals surface area contributed by atoms with E-state index in [0.717, 1.165) is 6.42 Å². The summed E-state index contributed by atoms with van der Waals surface area (Å²) in [4.78, 5) is 11.6. The van der Waals surface area contributed by atoms with Crippen LogP contribution in [0, 0.1) is 5.92 Å². The van der Waals surface area contributed by atoms with Gasteiger partial charge in [-0.05, 0) is 12.0 Å². The first-order valence-corrected chi connectivity index (χ1v) is 5.77. The van der Waals surface area contributed by atoms with Crippen LogP contribution in [0.5, 0.6) is 0 Å². The number of rotatable bonds is 4. The van der Waals surface area contributed by atoms with Gasteiger partial charge in [-0.1, -0.05) is 37.3 Å². The molecule has 3 atom stereocenters. The molecule has 0 radical (unpaired) electrons. The molecular weight excluding hydrogens is 200 g/mol. The van der Waals surface area contributed by atoms with E-state index in [4.69, 9.17) is 5.73 Å². The van der Waals surface area contributed by atoms with Gasteiger partial charge in [-0.3, -0.25) is 4.79 Å². The van der Waals surface area contributed by atoms with Gasteiger partial charge in [0.15, 0.2) is 0 Å². The monoisotopic (exact) mass is 218 g/mol. The topological polar surface area (TPSA) is 55.1 Å². The third-order valence-electron chi connectivity index (χ3n) is 3.15. The van der Waals surface area contributed by atoms with Crippen molar-refractivity contribution >= 4 is 5.91 Å². The molecule has 86 valence electrons. The Hall–Kier alpha value is -1.35. The molecule has 1 aliphatic carbocycles. The summed E-state index contributed by atoms with van der Waals surface area (Å²) in [7, 11) is 0. The Balaban J connectivity index is 1.86. The van der Waals surface area contributed by atoms with Crippen molar-refractivity contribution in [1.29, 1.82) is 0 Å². The Morgan fingerprint density at radius 1 is 1.50 bits per heavy atom. The summed E-state index contributed by atoms with van der Waals surface area (Å²) in [5, 5.41) is 3.03. The summed E-state index contributed by atoms with van der Waals surface area (Å²) in [5.74, 6) is 0.484. The number of nitrogens with one attached hydrogen (secondary N) is 1. The molecule has 1 aliphatic rings. The second-order valence-corrected chi connectivity index (χ2v) is 4.50. The molecule has 1 amide bonds. The zero-order chi connectivity index (χ0) is 11.5. The van der Waals surface area contributed by atoms with Crippen LogP contribution in [0.4, 0.5) is 0 Å². The second kappa shape index (κ2) is 4.66. The van der Waals surface area contributed by atoms with Gasteiger partial charge < -0.3 is 11.1 Å². The van der Waals surface area contributed by atoms with Crippen molar-refractivity contribution in [3.8, 4) is 0 Å². The predicted octanol–water partition coefficient (Wildman–Crippen LogP) is 1.25. The average Bonchev–Trinajstić information content (AvgIpc) is 3.08. The van der Waals surface area contributed by atoms with Crippen LogP contribution in [0.25, 0.3) is 0 Å². The van der Waals surface area contributed by atoms with Gasteiger partial charge in [0.2, 0.25) is 5.91 Å². The average molecular weight is 218 g/mol. The lowest BCUT2D eigenvalue weighted by molar-refractivity contribution is -0.124. The van der Waals surface area contributed by atoms with Gasteiger partial charge in [0.05, 0.1) is 0 Å². The molecule has 1 aromatic rings. The molecule has 3 unspecified atom stereocenters. The number of hydrogen-bond donors (Lipinski definition) is 2. The highest BCUT2D eigenvalue weighted by molar-refractivity contribution is 5.79. The van der Waals surface area contributed by atoms with E-state index in [2.05, 4.69) is 17.4 Å². The Kier molecular flexibility index (Phi) is 3.25. The summed E-state index contributed by atoms with van der Waals surface area (Å²) >= 11 is 0. The number of amides is 1. The van der Waals surface area contributed by atoms with Crippen molar-refractivity contribution in [2.24, 2.45) is 11.7 Å². The van der Waals surface area contributed by atoms with Gasteiger partial charge in [0.25, 0.3) is 0 Å². The second-order valence-electron chi connectivity index (χ2n) is 4.50. The molecule has 1 saturated carbocycles. The van der Waals surface area contributed by atoms with E-state index in [1.165, 1.54) is 5.56 Å². The molecule has 1 aromatic carbocycles. The van der Waals surface area contributed by atoms with Crippen LogP contribution in [-0.4, -0.2) is 18.5 Å². The molecule has 0 saturated heterocycles. The molecule has 2 rings (SSSR count). The molecule has 0 aromatic heterocycles. The lowest BCUT2D eigenvalue weighted by Crippen LogP contribution is -2.35. The molecular formula is C13H18N2O. The summed E-state index contributed by atoms with van der Waals surface area (Å²) in [6.45, 7) is 2.27. The van der Waals surface area contributed by atoms with Gasteiger partial charge in [-0.2, -0.15) is 0 Å². The molecule has 0 spiro atoms. The lowest BCUT2D eigenvalue weighted by Gasteiger charge is -2.09. The van der Waals surface area contributed by atoms with Gasteiger partial charge in [-0.25, -0.2) is 0 Å². The number of hydrogen-bond acceptors (Lipinski definition) is 2. The minimum absolute atomic E-state index is 0.0749. The van der Waals surface area contributed by atoms with E-state index in [0.29, 0.717) is 18.5 Å². The summed E-state index contributed by atoms with van der Waals surface area (Å²) in [6.07, 6.45) is 1.05. The Morgan fingerprint density at radius 3 is 2.81 bits per heavy atom. The minimum atomic E-state index is -0.0861. The van der Waals surface area contributed by atoms with Crippen molar-refractivity contribution in [2.75, 3.05) is 6.54 Å². The van der Waals surface area contributed by atoms with Crippen molar-refractivity contribution in [3.63, 3.8) is 0 Å². The van der Waals surface area contributed by atoms with Gasteiger partial charge in [0.1, 0.15) is 0 Å². The van der Waals surface area contributed by atoms with E-state index in [1.54, 1.807) is 0 Å². The zero-order valence-corrected chi connectivity index (χ0v) is 9.52. The van der Waals surface area contributed by atoms with Crippen molar-refractivity contribution in [3.05, 3.63) is 35.9 Å². The van der Waals surface area contributed by atoms with Gasteiger partial charge >= 0.3 is 0 Å².